The van der Waals surface area contributed by atoms with E-state index in [1.807, 2.05) is 27.7 Å². The fourth-order valence-corrected chi connectivity index (χ4v) is 7.15. The van der Waals surface area contributed by atoms with Crippen molar-refractivity contribution in [1.82, 2.24) is 20.1 Å². The molecule has 5 unspecified atom stereocenters. The van der Waals surface area contributed by atoms with Gasteiger partial charge < -0.3 is 45.2 Å². The van der Waals surface area contributed by atoms with Crippen LogP contribution in [0.25, 0.3) is 0 Å². The Bertz CT molecular complexity index is 1260. The van der Waals surface area contributed by atoms with E-state index in [1.165, 1.54) is 20.4 Å². The third-order valence-corrected chi connectivity index (χ3v) is 9.72. The molecule has 1 aromatic heterocycles. The van der Waals surface area contributed by atoms with Gasteiger partial charge in [0.15, 0.2) is 11.5 Å². The van der Waals surface area contributed by atoms with Crippen molar-refractivity contribution in [2.75, 3.05) is 45.5 Å². The van der Waals surface area contributed by atoms with Gasteiger partial charge in [-0.25, -0.2) is 10.2 Å². The lowest BCUT2D eigenvalue weighted by molar-refractivity contribution is -0.146. The highest BCUT2D eigenvalue weighted by Crippen LogP contribution is 2.53. The largest absolute Gasteiger partial charge is 0.479 e. The standard InChI is InChI=1S/C30H54N7O10P/c1-10-45-27(39)20(12-16(3)4)36-48(42,37-21(13-17(5)6)28(40)46-11-2)47-15-22(43-8)24(38)30(41)18(7)19(30)14-33-23-25(31)34-29(32)35-26(23)44-9/h14,16-22,24,38,41H,10-13,15H2,1-9H3,(H2,36,37,42)(H4,31,32,34,35)/t18?,19?,20-,21-,22?,24?,30?/m0/s1. The van der Waals surface area contributed by atoms with Gasteiger partial charge in [-0.05, 0) is 44.4 Å². The second-order valence-corrected chi connectivity index (χ2v) is 14.4. The summed E-state index contributed by atoms with van der Waals surface area (Å²) in [6.45, 7) is 12.2. The van der Waals surface area contributed by atoms with Crippen molar-refractivity contribution in [3.05, 3.63) is 0 Å². The maximum Gasteiger partial charge on any atom is 0.342 e. The van der Waals surface area contributed by atoms with Crippen molar-refractivity contribution in [2.24, 2.45) is 28.7 Å². The van der Waals surface area contributed by atoms with Crippen molar-refractivity contribution >= 4 is 43.3 Å². The zero-order chi connectivity index (χ0) is 36.4. The number of aliphatic hydroxyl groups is 2. The van der Waals surface area contributed by atoms with Crippen molar-refractivity contribution in [2.45, 2.75) is 91.2 Å². The Morgan fingerprint density at radius 2 is 1.54 bits per heavy atom. The minimum atomic E-state index is -4.29. The lowest BCUT2D eigenvalue weighted by Crippen LogP contribution is -2.48. The molecular formula is C30H54N7O10P. The molecular weight excluding hydrogens is 649 g/mol. The average Bonchev–Trinajstić information content (AvgIpc) is 3.54. The molecule has 1 saturated carbocycles. The Balaban J connectivity index is 2.37. The van der Waals surface area contributed by atoms with Crippen LogP contribution in [-0.2, 0) is 32.9 Å². The van der Waals surface area contributed by atoms with E-state index >= 15 is 0 Å². The highest BCUT2D eigenvalue weighted by molar-refractivity contribution is 7.54. The summed E-state index contributed by atoms with van der Waals surface area (Å²) in [5.41, 5.74) is 9.94. The highest BCUT2D eigenvalue weighted by Gasteiger charge is 2.66. The predicted octanol–water partition coefficient (Wildman–Crippen LogP) is 1.98. The molecule has 8 N–H and O–H groups in total. The fraction of sp³-hybridized carbons (Fsp3) is 0.767. The summed E-state index contributed by atoms with van der Waals surface area (Å²) in [6, 6.07) is -2.13. The molecule has 274 valence electrons. The number of aromatic nitrogens is 2. The number of rotatable bonds is 21. The number of nitrogen functional groups attached to an aromatic ring is 2. The number of hydrogen-bond acceptors (Lipinski definition) is 15. The number of aliphatic imine (C=N–C) groups is 1. The summed E-state index contributed by atoms with van der Waals surface area (Å²) in [7, 11) is -1.64. The molecule has 1 heterocycles. The van der Waals surface area contributed by atoms with E-state index in [1.54, 1.807) is 20.8 Å². The first-order valence-electron chi connectivity index (χ1n) is 16.0. The predicted molar refractivity (Wildman–Crippen MR) is 180 cm³/mol. The third kappa shape index (κ3) is 10.8. The number of nitrogens with one attached hydrogen (secondary N) is 2. The number of aliphatic hydroxyl groups excluding tert-OH is 1. The molecule has 0 spiro atoms. The number of methoxy groups -OCH3 is 2. The summed E-state index contributed by atoms with van der Waals surface area (Å²) in [5, 5.41) is 28.4. The molecule has 0 aliphatic heterocycles. The monoisotopic (exact) mass is 703 g/mol. The van der Waals surface area contributed by atoms with Gasteiger partial charge >= 0.3 is 19.6 Å². The molecule has 17 nitrogen and oxygen atoms in total. The fourth-order valence-electron chi connectivity index (χ4n) is 5.32. The van der Waals surface area contributed by atoms with Crippen LogP contribution >= 0.6 is 7.67 Å². The van der Waals surface area contributed by atoms with Gasteiger partial charge in [-0.15, -0.1) is 0 Å². The van der Waals surface area contributed by atoms with E-state index in [2.05, 4.69) is 25.1 Å². The van der Waals surface area contributed by atoms with Crippen LogP contribution in [0.15, 0.2) is 4.99 Å². The van der Waals surface area contributed by atoms with Gasteiger partial charge in [-0.3, -0.25) is 19.1 Å². The lowest BCUT2D eigenvalue weighted by Gasteiger charge is -2.32. The van der Waals surface area contributed by atoms with Gasteiger partial charge in [0, 0.05) is 19.2 Å². The van der Waals surface area contributed by atoms with Crippen molar-refractivity contribution in [1.29, 1.82) is 0 Å². The lowest BCUT2D eigenvalue weighted by atomic mass is 10.0. The van der Waals surface area contributed by atoms with Gasteiger partial charge in [-0.1, -0.05) is 34.6 Å². The molecule has 2 rings (SSSR count). The third-order valence-electron chi connectivity index (χ3n) is 7.90. The van der Waals surface area contributed by atoms with E-state index < -0.39 is 67.9 Å². The second kappa shape index (κ2) is 18.2. The number of carbonyl (C=O) groups excluding carboxylic acids is 2. The maximum atomic E-state index is 14.5. The van der Waals surface area contributed by atoms with Crippen molar-refractivity contribution < 1.29 is 47.8 Å². The minimum absolute atomic E-state index is 0.00950. The molecule has 0 radical (unpaired) electrons. The van der Waals surface area contributed by atoms with Crippen LogP contribution in [0.4, 0.5) is 17.5 Å². The van der Waals surface area contributed by atoms with Crippen LogP contribution in [0, 0.1) is 23.7 Å². The molecule has 1 aromatic rings. The first kappa shape index (κ1) is 41.3. The van der Waals surface area contributed by atoms with Crippen LogP contribution in [0.5, 0.6) is 5.88 Å². The number of ether oxygens (including phenoxy) is 4. The van der Waals surface area contributed by atoms with Crippen LogP contribution < -0.4 is 26.4 Å². The molecule has 0 aromatic carbocycles. The van der Waals surface area contributed by atoms with Gasteiger partial charge in [0.05, 0.1) is 26.9 Å². The van der Waals surface area contributed by atoms with Crippen LogP contribution in [0.3, 0.4) is 0 Å². The molecule has 0 bridgehead atoms. The quantitative estimate of drug-likeness (QED) is 0.0608. The van der Waals surface area contributed by atoms with Crippen molar-refractivity contribution in [3.8, 4) is 5.88 Å². The number of esters is 2. The first-order chi connectivity index (χ1) is 22.5. The smallest absolute Gasteiger partial charge is 0.342 e. The van der Waals surface area contributed by atoms with E-state index in [-0.39, 0.29) is 61.2 Å². The summed E-state index contributed by atoms with van der Waals surface area (Å²) in [6.07, 6.45) is -0.896. The molecule has 0 saturated heterocycles. The summed E-state index contributed by atoms with van der Waals surface area (Å²) in [5.74, 6) is -2.60. The Morgan fingerprint density at radius 3 is 1.98 bits per heavy atom. The van der Waals surface area contributed by atoms with E-state index in [0.29, 0.717) is 0 Å². The van der Waals surface area contributed by atoms with E-state index in [4.69, 9.17) is 34.9 Å². The minimum Gasteiger partial charge on any atom is -0.479 e. The van der Waals surface area contributed by atoms with Crippen LogP contribution in [0.2, 0.25) is 0 Å². The summed E-state index contributed by atoms with van der Waals surface area (Å²) >= 11 is 0. The number of nitrogens with two attached hydrogens (primary N) is 2. The average molecular weight is 704 g/mol. The van der Waals surface area contributed by atoms with Gasteiger partial charge in [0.25, 0.3) is 0 Å². The zero-order valence-electron chi connectivity index (χ0n) is 29.3. The Hall–Kier alpha value is -2.92. The zero-order valence-corrected chi connectivity index (χ0v) is 30.2. The van der Waals surface area contributed by atoms with Gasteiger partial charge in [-0.2, -0.15) is 9.97 Å². The van der Waals surface area contributed by atoms with Gasteiger partial charge in [0.2, 0.25) is 11.8 Å². The molecule has 48 heavy (non-hydrogen) atoms. The van der Waals surface area contributed by atoms with Gasteiger partial charge in [0.1, 0.15) is 29.9 Å². The number of anilines is 2. The van der Waals surface area contributed by atoms with Crippen molar-refractivity contribution in [3.63, 3.8) is 0 Å². The number of nitrogens with zero attached hydrogens (tertiary/aromatic N) is 3. The molecule has 0 amide bonds. The summed E-state index contributed by atoms with van der Waals surface area (Å²) < 4.78 is 41.5. The SMILES string of the molecule is CCOC(=O)[C@H](CC(C)C)NP(=O)(N[C@@H](CC(C)C)C(=O)OCC)OCC(OC)C(O)C1(O)C(C)C1C=Nc1c(N)nc(N)nc1OC. The molecule has 1 aliphatic carbocycles. The Labute approximate surface area is 282 Å². The van der Waals surface area contributed by atoms with E-state index in [9.17, 15) is 24.4 Å². The molecule has 1 aliphatic rings. The Kier molecular flexibility index (Phi) is 15.6. The number of hydrogen-bond donors (Lipinski definition) is 6. The molecule has 7 atom stereocenters. The summed E-state index contributed by atoms with van der Waals surface area (Å²) in [4.78, 5) is 37.9. The highest BCUT2D eigenvalue weighted by atomic mass is 31.2. The first-order valence-corrected chi connectivity index (χ1v) is 17.7. The van der Waals surface area contributed by atoms with E-state index in [0.717, 1.165) is 0 Å². The van der Waals surface area contributed by atoms with Crippen LogP contribution in [-0.4, -0.2) is 102 Å². The van der Waals surface area contributed by atoms with Crippen LogP contribution in [0.1, 0.15) is 61.3 Å². The maximum absolute atomic E-state index is 14.5. The Morgan fingerprint density at radius 1 is 1.02 bits per heavy atom. The molecule has 1 fully saturated rings. The molecule has 18 heteroatoms. The normalized spacial score (nSPS) is 22.0. The topological polar surface area (TPSA) is 252 Å². The second-order valence-electron chi connectivity index (χ2n) is 12.5. The number of carbonyl (C=O) groups is 2.